The summed E-state index contributed by atoms with van der Waals surface area (Å²) in [5.41, 5.74) is 0. The van der Waals surface area contributed by atoms with Gasteiger partial charge in [0.2, 0.25) is 0 Å². The normalized spacial score (nSPS) is 12.8. The van der Waals surface area contributed by atoms with E-state index in [-0.39, 0.29) is 0 Å². The highest BCUT2D eigenvalue weighted by Crippen LogP contribution is 2.24. The third kappa shape index (κ3) is 5.30. The van der Waals surface area contributed by atoms with Gasteiger partial charge >= 0.3 is 0 Å². The number of ether oxygens (including phenoxy) is 1. The van der Waals surface area contributed by atoms with Crippen molar-refractivity contribution in [2.24, 2.45) is 5.92 Å². The van der Waals surface area contributed by atoms with E-state index in [1.54, 1.807) is 0 Å². The topological polar surface area (TPSA) is 41.5 Å². The predicted molar refractivity (Wildman–Crippen MR) is 90.9 cm³/mol. The number of hydrogen-bond acceptors (Lipinski definition) is 3. The monoisotopic (exact) mass is 351 g/mol. The highest BCUT2D eigenvalue weighted by Gasteiger charge is 2.06. The fourth-order valence-electron chi connectivity index (χ4n) is 2.07. The minimum atomic E-state index is -0.496. The molecule has 0 saturated carbocycles. The first-order valence-corrected chi connectivity index (χ1v) is 8.05. The van der Waals surface area contributed by atoms with Crippen LogP contribution in [0.4, 0.5) is 0 Å². The Labute approximate surface area is 134 Å². The summed E-state index contributed by atoms with van der Waals surface area (Å²) in [6.07, 6.45) is -0.496. The zero-order chi connectivity index (χ0) is 15.2. The number of benzene rings is 2. The molecule has 2 rings (SSSR count). The largest absolute Gasteiger partial charge is 0.491 e. The number of hydrogen-bond donors (Lipinski definition) is 2. The van der Waals surface area contributed by atoms with Crippen molar-refractivity contribution in [2.45, 2.75) is 20.0 Å². The molecule has 0 amide bonds. The van der Waals surface area contributed by atoms with Gasteiger partial charge < -0.3 is 15.2 Å². The summed E-state index contributed by atoms with van der Waals surface area (Å²) in [5, 5.41) is 15.4. The van der Waals surface area contributed by atoms with Crippen molar-refractivity contribution in [2.75, 3.05) is 19.7 Å². The van der Waals surface area contributed by atoms with Gasteiger partial charge in [-0.3, -0.25) is 0 Å². The summed E-state index contributed by atoms with van der Waals surface area (Å²) in [4.78, 5) is 0. The van der Waals surface area contributed by atoms with Gasteiger partial charge in [-0.15, -0.1) is 0 Å². The molecule has 2 N–H and O–H groups in total. The van der Waals surface area contributed by atoms with Crippen molar-refractivity contribution < 1.29 is 9.84 Å². The van der Waals surface area contributed by atoms with E-state index in [9.17, 15) is 5.11 Å². The van der Waals surface area contributed by atoms with Crippen LogP contribution >= 0.6 is 15.9 Å². The average molecular weight is 352 g/mol. The van der Waals surface area contributed by atoms with Crippen molar-refractivity contribution in [3.05, 3.63) is 40.9 Å². The van der Waals surface area contributed by atoms with Crippen molar-refractivity contribution in [3.63, 3.8) is 0 Å². The molecule has 0 spiro atoms. The molecule has 21 heavy (non-hydrogen) atoms. The molecule has 3 nitrogen and oxygen atoms in total. The van der Waals surface area contributed by atoms with E-state index in [0.717, 1.165) is 27.5 Å². The molecule has 2 aromatic carbocycles. The molecular formula is C17H22BrNO2. The lowest BCUT2D eigenvalue weighted by atomic mass is 10.1. The van der Waals surface area contributed by atoms with Gasteiger partial charge in [-0.2, -0.15) is 0 Å². The molecule has 2 aromatic rings. The molecule has 0 saturated heterocycles. The van der Waals surface area contributed by atoms with E-state index in [2.05, 4.69) is 41.2 Å². The first-order valence-electron chi connectivity index (χ1n) is 7.25. The van der Waals surface area contributed by atoms with E-state index >= 15 is 0 Å². The van der Waals surface area contributed by atoms with Crippen LogP contribution in [0.2, 0.25) is 0 Å². The third-order valence-electron chi connectivity index (χ3n) is 3.15. The summed E-state index contributed by atoms with van der Waals surface area (Å²) in [6, 6.07) is 12.1. The van der Waals surface area contributed by atoms with Gasteiger partial charge in [0.25, 0.3) is 0 Å². The SMILES string of the molecule is CC(C)CNCC(O)COc1ccc2cc(Br)ccc2c1. The Kier molecular flexibility index (Phi) is 6.03. The van der Waals surface area contributed by atoms with Gasteiger partial charge in [0.1, 0.15) is 18.5 Å². The minimum absolute atomic E-state index is 0.299. The molecular weight excluding hydrogens is 330 g/mol. The maximum absolute atomic E-state index is 9.88. The van der Waals surface area contributed by atoms with Crippen LogP contribution < -0.4 is 10.1 Å². The second kappa shape index (κ2) is 7.78. The molecule has 0 heterocycles. The summed E-state index contributed by atoms with van der Waals surface area (Å²) in [7, 11) is 0. The predicted octanol–water partition coefficient (Wildman–Crippen LogP) is 3.59. The number of aliphatic hydroxyl groups is 1. The smallest absolute Gasteiger partial charge is 0.120 e. The molecule has 0 aromatic heterocycles. The standard InChI is InChI=1S/C17H22BrNO2/c1-12(2)9-19-10-16(20)11-21-17-6-4-13-7-15(18)5-3-14(13)8-17/h3-8,12,16,19-20H,9-11H2,1-2H3. The Balaban J connectivity index is 1.87. The maximum atomic E-state index is 9.88. The Bertz CT molecular complexity index is 586. The molecule has 1 unspecified atom stereocenters. The van der Waals surface area contributed by atoms with E-state index in [4.69, 9.17) is 4.74 Å². The minimum Gasteiger partial charge on any atom is -0.491 e. The first-order chi connectivity index (χ1) is 10.0. The number of rotatable bonds is 7. The van der Waals surface area contributed by atoms with Gasteiger partial charge in [0.05, 0.1) is 0 Å². The third-order valence-corrected chi connectivity index (χ3v) is 3.64. The van der Waals surface area contributed by atoms with Crippen LogP contribution in [0.25, 0.3) is 10.8 Å². The lowest BCUT2D eigenvalue weighted by Crippen LogP contribution is -2.33. The molecule has 4 heteroatoms. The van der Waals surface area contributed by atoms with Crippen LogP contribution in [0.5, 0.6) is 5.75 Å². The van der Waals surface area contributed by atoms with Crippen molar-refractivity contribution >= 4 is 26.7 Å². The van der Waals surface area contributed by atoms with Crippen LogP contribution in [0.15, 0.2) is 40.9 Å². The van der Waals surface area contributed by atoms with Gasteiger partial charge in [-0.1, -0.05) is 41.9 Å². The quantitative estimate of drug-likeness (QED) is 0.800. The molecule has 0 aliphatic heterocycles. The number of nitrogens with one attached hydrogen (secondary N) is 1. The van der Waals surface area contributed by atoms with Gasteiger partial charge in [0, 0.05) is 11.0 Å². The number of fused-ring (bicyclic) bond motifs is 1. The summed E-state index contributed by atoms with van der Waals surface area (Å²) < 4.78 is 6.73. The van der Waals surface area contributed by atoms with E-state index in [1.165, 1.54) is 0 Å². The van der Waals surface area contributed by atoms with Gasteiger partial charge in [-0.25, -0.2) is 0 Å². The zero-order valence-electron chi connectivity index (χ0n) is 12.5. The molecule has 114 valence electrons. The highest BCUT2D eigenvalue weighted by atomic mass is 79.9. The number of halogens is 1. The van der Waals surface area contributed by atoms with Gasteiger partial charge in [0.15, 0.2) is 0 Å². The fraction of sp³-hybridized carbons (Fsp3) is 0.412. The maximum Gasteiger partial charge on any atom is 0.120 e. The first kappa shape index (κ1) is 16.3. The highest BCUT2D eigenvalue weighted by molar-refractivity contribution is 9.10. The van der Waals surface area contributed by atoms with Crippen LogP contribution in [0, 0.1) is 5.92 Å². The summed E-state index contributed by atoms with van der Waals surface area (Å²) >= 11 is 3.46. The average Bonchev–Trinajstić information content (AvgIpc) is 2.44. The Morgan fingerprint density at radius 1 is 1.10 bits per heavy atom. The number of aliphatic hydroxyl groups excluding tert-OH is 1. The lowest BCUT2D eigenvalue weighted by Gasteiger charge is -2.14. The summed E-state index contributed by atoms with van der Waals surface area (Å²) in [5.74, 6) is 1.37. The van der Waals surface area contributed by atoms with Crippen molar-refractivity contribution in [3.8, 4) is 5.75 Å². The second-order valence-corrected chi connectivity index (χ2v) is 6.59. The second-order valence-electron chi connectivity index (χ2n) is 5.67. The van der Waals surface area contributed by atoms with Crippen LogP contribution in [-0.2, 0) is 0 Å². The van der Waals surface area contributed by atoms with E-state index < -0.39 is 6.10 Å². The molecule has 0 radical (unpaired) electrons. The van der Waals surface area contributed by atoms with Crippen molar-refractivity contribution in [1.29, 1.82) is 0 Å². The molecule has 1 atom stereocenters. The summed E-state index contributed by atoms with van der Waals surface area (Å²) in [6.45, 7) is 6.04. The van der Waals surface area contributed by atoms with Gasteiger partial charge in [-0.05, 0) is 47.5 Å². The Hall–Kier alpha value is -1.10. The lowest BCUT2D eigenvalue weighted by molar-refractivity contribution is 0.106. The fourth-order valence-corrected chi connectivity index (χ4v) is 2.45. The van der Waals surface area contributed by atoms with E-state index in [1.807, 2.05) is 30.3 Å². The van der Waals surface area contributed by atoms with Crippen LogP contribution in [0.3, 0.4) is 0 Å². The van der Waals surface area contributed by atoms with Crippen LogP contribution in [-0.4, -0.2) is 30.9 Å². The zero-order valence-corrected chi connectivity index (χ0v) is 14.1. The van der Waals surface area contributed by atoms with Crippen molar-refractivity contribution in [1.82, 2.24) is 5.32 Å². The van der Waals surface area contributed by atoms with E-state index in [0.29, 0.717) is 19.1 Å². The Morgan fingerprint density at radius 2 is 1.81 bits per heavy atom. The molecule has 0 bridgehead atoms. The molecule has 0 fully saturated rings. The van der Waals surface area contributed by atoms with Crippen LogP contribution in [0.1, 0.15) is 13.8 Å². The Morgan fingerprint density at radius 3 is 2.57 bits per heavy atom. The molecule has 0 aliphatic rings. The molecule has 0 aliphatic carbocycles.